The van der Waals surface area contributed by atoms with Crippen LogP contribution in [-0.4, -0.2) is 52.5 Å². The number of likely N-dealkylation sites (tertiary alicyclic amines) is 1. The second-order valence-electron chi connectivity index (χ2n) is 7.20. The number of nitrogens with zero attached hydrogens (tertiary/aromatic N) is 3. The summed E-state index contributed by atoms with van der Waals surface area (Å²) in [5, 5.41) is 9.12. The van der Waals surface area contributed by atoms with Crippen LogP contribution in [0.4, 0.5) is 0 Å². The van der Waals surface area contributed by atoms with E-state index in [1.165, 1.54) is 11.1 Å². The van der Waals surface area contributed by atoms with Crippen LogP contribution in [-0.2, 0) is 24.4 Å². The number of likely N-dealkylation sites (N-methyl/N-ethyl adjacent to an activating group) is 1. The molecule has 5 nitrogen and oxygen atoms in total. The number of aliphatic hydroxyl groups excluding tert-OH is 1. The van der Waals surface area contributed by atoms with Crippen LogP contribution < -0.4 is 0 Å². The lowest BCUT2D eigenvalue weighted by Crippen LogP contribution is -2.37. The van der Waals surface area contributed by atoms with E-state index < -0.39 is 0 Å². The van der Waals surface area contributed by atoms with Gasteiger partial charge in [0, 0.05) is 32.0 Å². The van der Waals surface area contributed by atoms with Gasteiger partial charge in [-0.25, -0.2) is 0 Å². The van der Waals surface area contributed by atoms with Crippen LogP contribution in [0.15, 0.2) is 48.8 Å². The fourth-order valence-corrected chi connectivity index (χ4v) is 3.53. The van der Waals surface area contributed by atoms with Gasteiger partial charge in [-0.2, -0.15) is 0 Å². The molecule has 1 N–H and O–H groups in total. The number of hydrogen-bond donors (Lipinski definition) is 1. The van der Waals surface area contributed by atoms with Crippen molar-refractivity contribution in [1.29, 1.82) is 0 Å². The Kier molecular flexibility index (Phi) is 6.36. The molecule has 1 aromatic carbocycles. The highest BCUT2D eigenvalue weighted by atomic mass is 16.3. The number of hydrogen-bond acceptors (Lipinski definition) is 4. The van der Waals surface area contributed by atoms with Gasteiger partial charge in [0.05, 0.1) is 13.2 Å². The zero-order valence-electron chi connectivity index (χ0n) is 15.3. The van der Waals surface area contributed by atoms with E-state index in [0.29, 0.717) is 12.5 Å². The van der Waals surface area contributed by atoms with E-state index in [9.17, 15) is 4.79 Å². The molecule has 3 rings (SSSR count). The molecule has 26 heavy (non-hydrogen) atoms. The van der Waals surface area contributed by atoms with E-state index in [1.807, 2.05) is 36.2 Å². The highest BCUT2D eigenvalue weighted by molar-refractivity contribution is 5.78. The van der Waals surface area contributed by atoms with E-state index in [4.69, 9.17) is 5.11 Å². The SMILES string of the molecule is CN(CC(=O)N1CCC(Cc2ccc(CO)cc2)C1)Cc1ccncc1. The molecule has 1 saturated heterocycles. The summed E-state index contributed by atoms with van der Waals surface area (Å²) in [4.78, 5) is 20.6. The molecule has 1 aliphatic heterocycles. The fourth-order valence-electron chi connectivity index (χ4n) is 3.53. The highest BCUT2D eigenvalue weighted by Crippen LogP contribution is 2.21. The summed E-state index contributed by atoms with van der Waals surface area (Å²) in [6.07, 6.45) is 5.61. The smallest absolute Gasteiger partial charge is 0.236 e. The summed E-state index contributed by atoms with van der Waals surface area (Å²) >= 11 is 0. The quantitative estimate of drug-likeness (QED) is 0.828. The molecule has 0 bridgehead atoms. The number of aliphatic hydroxyl groups is 1. The van der Waals surface area contributed by atoms with Gasteiger partial charge in [-0.3, -0.25) is 14.7 Å². The molecule has 1 atom stereocenters. The van der Waals surface area contributed by atoms with E-state index >= 15 is 0 Å². The maximum absolute atomic E-state index is 12.6. The van der Waals surface area contributed by atoms with Crippen LogP contribution in [0.3, 0.4) is 0 Å². The van der Waals surface area contributed by atoms with Crippen molar-refractivity contribution in [2.24, 2.45) is 5.92 Å². The molecule has 1 amide bonds. The summed E-state index contributed by atoms with van der Waals surface area (Å²) in [6.45, 7) is 2.97. The highest BCUT2D eigenvalue weighted by Gasteiger charge is 2.26. The lowest BCUT2D eigenvalue weighted by Gasteiger charge is -2.21. The average molecular weight is 353 g/mol. The van der Waals surface area contributed by atoms with Crippen molar-refractivity contribution in [2.75, 3.05) is 26.7 Å². The first-order chi connectivity index (χ1) is 12.6. The lowest BCUT2D eigenvalue weighted by atomic mass is 9.98. The van der Waals surface area contributed by atoms with Gasteiger partial charge in [0.25, 0.3) is 0 Å². The second kappa shape index (κ2) is 8.92. The molecule has 0 aliphatic carbocycles. The molecule has 1 unspecified atom stereocenters. The van der Waals surface area contributed by atoms with Gasteiger partial charge in [-0.1, -0.05) is 24.3 Å². The number of rotatable bonds is 7. The number of amides is 1. The Balaban J connectivity index is 1.45. The molecule has 138 valence electrons. The average Bonchev–Trinajstić information content (AvgIpc) is 3.12. The van der Waals surface area contributed by atoms with Crippen molar-refractivity contribution in [2.45, 2.75) is 26.0 Å². The maximum atomic E-state index is 12.6. The van der Waals surface area contributed by atoms with Gasteiger partial charge in [0.2, 0.25) is 5.91 Å². The Morgan fingerprint density at radius 3 is 2.54 bits per heavy atom. The minimum Gasteiger partial charge on any atom is -0.392 e. The summed E-state index contributed by atoms with van der Waals surface area (Å²) in [5.41, 5.74) is 3.38. The topological polar surface area (TPSA) is 56.7 Å². The van der Waals surface area contributed by atoms with E-state index in [1.54, 1.807) is 12.4 Å². The van der Waals surface area contributed by atoms with Gasteiger partial charge >= 0.3 is 0 Å². The second-order valence-corrected chi connectivity index (χ2v) is 7.20. The van der Waals surface area contributed by atoms with Gasteiger partial charge in [-0.15, -0.1) is 0 Å². The van der Waals surface area contributed by atoms with Crippen molar-refractivity contribution >= 4 is 5.91 Å². The minimum absolute atomic E-state index is 0.0823. The number of carbonyl (C=O) groups excluding carboxylic acids is 1. The molecule has 5 heteroatoms. The number of carbonyl (C=O) groups is 1. The summed E-state index contributed by atoms with van der Waals surface area (Å²) < 4.78 is 0. The van der Waals surface area contributed by atoms with Crippen LogP contribution in [0.2, 0.25) is 0 Å². The van der Waals surface area contributed by atoms with Gasteiger partial charge in [0.15, 0.2) is 0 Å². The van der Waals surface area contributed by atoms with Crippen LogP contribution in [0.1, 0.15) is 23.1 Å². The molecule has 0 radical (unpaired) electrons. The van der Waals surface area contributed by atoms with Crippen molar-refractivity contribution in [3.8, 4) is 0 Å². The number of aromatic nitrogens is 1. The Labute approximate surface area is 155 Å². The Hall–Kier alpha value is -2.24. The fraction of sp³-hybridized carbons (Fsp3) is 0.429. The zero-order valence-corrected chi connectivity index (χ0v) is 15.3. The van der Waals surface area contributed by atoms with Gasteiger partial charge in [0.1, 0.15) is 0 Å². The minimum atomic E-state index is 0.0823. The lowest BCUT2D eigenvalue weighted by molar-refractivity contribution is -0.131. The largest absolute Gasteiger partial charge is 0.392 e. The molecular weight excluding hydrogens is 326 g/mol. The Morgan fingerprint density at radius 1 is 1.15 bits per heavy atom. The summed E-state index contributed by atoms with van der Waals surface area (Å²) in [7, 11) is 1.98. The standard InChI is InChI=1S/C21H27N3O2/c1-23(13-18-6-9-22-10-7-18)15-21(26)24-11-8-20(14-24)12-17-2-4-19(16-25)5-3-17/h2-7,9-10,20,25H,8,11-16H2,1H3. The van der Waals surface area contributed by atoms with Gasteiger partial charge < -0.3 is 10.0 Å². The zero-order chi connectivity index (χ0) is 18.4. The normalized spacial score (nSPS) is 17.0. The Morgan fingerprint density at radius 2 is 1.85 bits per heavy atom. The molecular formula is C21H27N3O2. The predicted octanol–water partition coefficient (Wildman–Crippen LogP) is 2.10. The van der Waals surface area contributed by atoms with E-state index in [-0.39, 0.29) is 12.5 Å². The first kappa shape index (κ1) is 18.5. The first-order valence-corrected chi connectivity index (χ1v) is 9.18. The summed E-state index contributed by atoms with van der Waals surface area (Å²) in [6, 6.07) is 12.1. The maximum Gasteiger partial charge on any atom is 0.236 e. The monoisotopic (exact) mass is 353 g/mol. The third-order valence-corrected chi connectivity index (χ3v) is 4.98. The number of pyridine rings is 1. The van der Waals surface area contributed by atoms with Crippen LogP contribution in [0, 0.1) is 5.92 Å². The van der Waals surface area contributed by atoms with Crippen LogP contribution >= 0.6 is 0 Å². The predicted molar refractivity (Wildman–Crippen MR) is 101 cm³/mol. The van der Waals surface area contributed by atoms with Crippen molar-refractivity contribution in [3.63, 3.8) is 0 Å². The summed E-state index contributed by atoms with van der Waals surface area (Å²) in [5.74, 6) is 0.726. The first-order valence-electron chi connectivity index (χ1n) is 9.18. The van der Waals surface area contributed by atoms with E-state index in [0.717, 1.165) is 38.0 Å². The Bertz CT molecular complexity index is 703. The molecule has 1 aromatic heterocycles. The molecule has 1 aliphatic rings. The third kappa shape index (κ3) is 5.13. The van der Waals surface area contributed by atoms with Crippen LogP contribution in [0.25, 0.3) is 0 Å². The van der Waals surface area contributed by atoms with E-state index in [2.05, 4.69) is 22.0 Å². The van der Waals surface area contributed by atoms with Crippen molar-refractivity contribution in [3.05, 3.63) is 65.5 Å². The molecule has 2 aromatic rings. The van der Waals surface area contributed by atoms with Crippen LogP contribution in [0.5, 0.6) is 0 Å². The molecule has 2 heterocycles. The van der Waals surface area contributed by atoms with Crippen molar-refractivity contribution < 1.29 is 9.90 Å². The van der Waals surface area contributed by atoms with Gasteiger partial charge in [-0.05, 0) is 54.6 Å². The molecule has 1 fully saturated rings. The van der Waals surface area contributed by atoms with Crippen molar-refractivity contribution in [1.82, 2.24) is 14.8 Å². The molecule has 0 saturated carbocycles. The number of benzene rings is 1. The molecule has 0 spiro atoms. The third-order valence-electron chi connectivity index (χ3n) is 4.98.